The molecule has 7 heteroatoms. The van der Waals surface area contributed by atoms with Crippen LogP contribution in [0.1, 0.15) is 25.0 Å². The van der Waals surface area contributed by atoms with Crippen LogP contribution in [0, 0.1) is 5.92 Å². The molecule has 1 aromatic rings. The lowest BCUT2D eigenvalue weighted by Gasteiger charge is -2.17. The van der Waals surface area contributed by atoms with E-state index in [1.54, 1.807) is 28.2 Å². The molecule has 1 unspecified atom stereocenters. The lowest BCUT2D eigenvalue weighted by molar-refractivity contribution is -0.133. The van der Waals surface area contributed by atoms with E-state index in [1.165, 1.54) is 0 Å². The first-order valence-corrected chi connectivity index (χ1v) is 7.99. The number of furan rings is 1. The smallest absolute Gasteiger partial charge is 0.241 e. The van der Waals surface area contributed by atoms with Gasteiger partial charge < -0.3 is 19.5 Å². The van der Waals surface area contributed by atoms with Crippen LogP contribution in [0.15, 0.2) is 22.8 Å². The highest BCUT2D eigenvalue weighted by Crippen LogP contribution is 2.20. The first-order valence-electron chi connectivity index (χ1n) is 7.99. The number of hydrogen-bond donors (Lipinski definition) is 1. The Kier molecular flexibility index (Phi) is 4.64. The van der Waals surface area contributed by atoms with Gasteiger partial charge in [-0.15, -0.1) is 0 Å². The summed E-state index contributed by atoms with van der Waals surface area (Å²) in [7, 11) is 0. The molecule has 2 saturated heterocycles. The highest BCUT2D eigenvalue weighted by Gasteiger charge is 2.34. The van der Waals surface area contributed by atoms with E-state index in [9.17, 15) is 14.4 Å². The van der Waals surface area contributed by atoms with Crippen LogP contribution < -0.4 is 5.32 Å². The van der Waals surface area contributed by atoms with E-state index in [1.807, 2.05) is 0 Å². The van der Waals surface area contributed by atoms with Crippen molar-refractivity contribution in [1.29, 1.82) is 0 Å². The van der Waals surface area contributed by atoms with Crippen molar-refractivity contribution in [1.82, 2.24) is 15.1 Å². The number of amides is 3. The number of hydrogen-bond acceptors (Lipinski definition) is 4. The average molecular weight is 319 g/mol. The predicted molar refractivity (Wildman–Crippen MR) is 81.1 cm³/mol. The Bertz CT molecular complexity index is 578. The fourth-order valence-corrected chi connectivity index (χ4v) is 3.08. The summed E-state index contributed by atoms with van der Waals surface area (Å²) in [4.78, 5) is 39.5. The zero-order valence-electron chi connectivity index (χ0n) is 13.0. The van der Waals surface area contributed by atoms with Gasteiger partial charge in [0.1, 0.15) is 5.76 Å². The van der Waals surface area contributed by atoms with Gasteiger partial charge in [-0.05, 0) is 25.0 Å². The Hall–Kier alpha value is -2.31. The molecule has 0 aromatic carbocycles. The molecule has 0 aliphatic carbocycles. The molecule has 0 spiro atoms. The van der Waals surface area contributed by atoms with Gasteiger partial charge in [0.15, 0.2) is 0 Å². The molecule has 2 aliphatic rings. The molecular weight excluding hydrogens is 298 g/mol. The summed E-state index contributed by atoms with van der Waals surface area (Å²) in [5.74, 6) is -0.0414. The van der Waals surface area contributed by atoms with Crippen LogP contribution in [0.5, 0.6) is 0 Å². The van der Waals surface area contributed by atoms with Gasteiger partial charge in [0.25, 0.3) is 0 Å². The number of rotatable bonds is 5. The fraction of sp³-hybridized carbons (Fsp3) is 0.562. The summed E-state index contributed by atoms with van der Waals surface area (Å²) < 4.78 is 5.23. The van der Waals surface area contributed by atoms with Crippen molar-refractivity contribution < 1.29 is 18.8 Å². The summed E-state index contributed by atoms with van der Waals surface area (Å²) in [5, 5.41) is 2.67. The van der Waals surface area contributed by atoms with Crippen molar-refractivity contribution in [2.24, 2.45) is 5.92 Å². The van der Waals surface area contributed by atoms with E-state index in [4.69, 9.17) is 4.42 Å². The third-order valence-electron chi connectivity index (χ3n) is 4.38. The van der Waals surface area contributed by atoms with Crippen molar-refractivity contribution in [3.63, 3.8) is 0 Å². The third-order valence-corrected chi connectivity index (χ3v) is 4.38. The summed E-state index contributed by atoms with van der Waals surface area (Å²) in [5.41, 5.74) is 0. The van der Waals surface area contributed by atoms with Gasteiger partial charge in [0.2, 0.25) is 17.7 Å². The van der Waals surface area contributed by atoms with Gasteiger partial charge in [-0.2, -0.15) is 0 Å². The minimum absolute atomic E-state index is 0.0156. The summed E-state index contributed by atoms with van der Waals surface area (Å²) in [6.45, 7) is 2.30. The molecular formula is C16H21N3O4. The van der Waals surface area contributed by atoms with Crippen LogP contribution in [-0.2, 0) is 20.9 Å². The van der Waals surface area contributed by atoms with Gasteiger partial charge in [-0.1, -0.05) is 0 Å². The number of carbonyl (C=O) groups is 3. The Morgan fingerprint density at radius 3 is 2.78 bits per heavy atom. The zero-order chi connectivity index (χ0) is 16.2. The van der Waals surface area contributed by atoms with Gasteiger partial charge in [0.05, 0.1) is 25.3 Å². The minimum atomic E-state index is -0.399. The van der Waals surface area contributed by atoms with Gasteiger partial charge in [-0.3, -0.25) is 14.4 Å². The second kappa shape index (κ2) is 6.85. The first-order chi connectivity index (χ1) is 11.1. The van der Waals surface area contributed by atoms with E-state index >= 15 is 0 Å². The molecule has 23 heavy (non-hydrogen) atoms. The van der Waals surface area contributed by atoms with Crippen molar-refractivity contribution >= 4 is 17.7 Å². The van der Waals surface area contributed by atoms with Crippen molar-refractivity contribution in [2.75, 3.05) is 26.2 Å². The highest BCUT2D eigenvalue weighted by molar-refractivity contribution is 5.91. The normalized spacial score (nSPS) is 21.0. The monoisotopic (exact) mass is 319 g/mol. The Morgan fingerprint density at radius 2 is 2.09 bits per heavy atom. The Morgan fingerprint density at radius 1 is 1.30 bits per heavy atom. The van der Waals surface area contributed by atoms with E-state index in [2.05, 4.69) is 5.32 Å². The Labute approximate surface area is 134 Å². The maximum Gasteiger partial charge on any atom is 0.241 e. The molecule has 3 heterocycles. The molecule has 0 bridgehead atoms. The van der Waals surface area contributed by atoms with Crippen LogP contribution in [0.4, 0.5) is 0 Å². The molecule has 3 amide bonds. The topological polar surface area (TPSA) is 82.9 Å². The maximum atomic E-state index is 12.2. The number of nitrogens with one attached hydrogen (secondary N) is 1. The Balaban J connectivity index is 1.46. The lowest BCUT2D eigenvalue weighted by atomic mass is 10.1. The largest absolute Gasteiger partial charge is 0.467 e. The van der Waals surface area contributed by atoms with Crippen molar-refractivity contribution in [3.8, 4) is 0 Å². The van der Waals surface area contributed by atoms with E-state index in [0.717, 1.165) is 25.9 Å². The first kappa shape index (κ1) is 15.6. The van der Waals surface area contributed by atoms with E-state index in [0.29, 0.717) is 18.8 Å². The standard InChI is InChI=1S/C16H21N3O4/c20-14-8-12(10-19(14)11-13-4-3-7-23-13)16(22)17-9-15(21)18-5-1-2-6-18/h3-4,7,12H,1-2,5-6,8-11H2,(H,17,22). The van der Waals surface area contributed by atoms with Crippen LogP contribution in [0.25, 0.3) is 0 Å². The lowest BCUT2D eigenvalue weighted by Crippen LogP contribution is -2.41. The van der Waals surface area contributed by atoms with E-state index in [-0.39, 0.29) is 30.7 Å². The van der Waals surface area contributed by atoms with Crippen molar-refractivity contribution in [2.45, 2.75) is 25.8 Å². The fourth-order valence-electron chi connectivity index (χ4n) is 3.08. The third kappa shape index (κ3) is 3.72. The second-order valence-electron chi connectivity index (χ2n) is 6.06. The quantitative estimate of drug-likeness (QED) is 0.850. The summed E-state index contributed by atoms with van der Waals surface area (Å²) >= 11 is 0. The van der Waals surface area contributed by atoms with Crippen LogP contribution in [-0.4, -0.2) is 53.7 Å². The number of likely N-dealkylation sites (tertiary alicyclic amines) is 2. The molecule has 7 nitrogen and oxygen atoms in total. The molecule has 1 N–H and O–H groups in total. The molecule has 0 radical (unpaired) electrons. The molecule has 0 saturated carbocycles. The van der Waals surface area contributed by atoms with Crippen molar-refractivity contribution in [3.05, 3.63) is 24.2 Å². The summed E-state index contributed by atoms with van der Waals surface area (Å²) in [6, 6.07) is 3.57. The van der Waals surface area contributed by atoms with Gasteiger partial charge in [-0.25, -0.2) is 0 Å². The highest BCUT2D eigenvalue weighted by atomic mass is 16.3. The van der Waals surface area contributed by atoms with E-state index < -0.39 is 5.92 Å². The summed E-state index contributed by atoms with van der Waals surface area (Å²) in [6.07, 6.45) is 3.80. The molecule has 1 atom stereocenters. The number of nitrogens with zero attached hydrogens (tertiary/aromatic N) is 2. The zero-order valence-corrected chi connectivity index (χ0v) is 13.0. The molecule has 2 aliphatic heterocycles. The average Bonchev–Trinajstić information content (AvgIpc) is 3.27. The van der Waals surface area contributed by atoms with Gasteiger partial charge in [0, 0.05) is 26.1 Å². The molecule has 2 fully saturated rings. The SMILES string of the molecule is O=C(NCC(=O)N1CCCC1)C1CC(=O)N(Cc2ccco2)C1. The molecule has 3 rings (SSSR count). The van der Waals surface area contributed by atoms with Crippen LogP contribution in [0.2, 0.25) is 0 Å². The minimum Gasteiger partial charge on any atom is -0.467 e. The molecule has 124 valence electrons. The number of carbonyl (C=O) groups excluding carboxylic acids is 3. The van der Waals surface area contributed by atoms with Crippen LogP contribution >= 0.6 is 0 Å². The predicted octanol–water partition coefficient (Wildman–Crippen LogP) is 0.367. The maximum absolute atomic E-state index is 12.2. The van der Waals surface area contributed by atoms with Gasteiger partial charge >= 0.3 is 0 Å². The van der Waals surface area contributed by atoms with Crippen LogP contribution in [0.3, 0.4) is 0 Å². The molecule has 1 aromatic heterocycles. The second-order valence-corrected chi connectivity index (χ2v) is 6.06.